The summed E-state index contributed by atoms with van der Waals surface area (Å²) in [7, 11) is 0. The lowest BCUT2D eigenvalue weighted by molar-refractivity contribution is -0.192. The molecule has 0 saturated carbocycles. The predicted molar refractivity (Wildman–Crippen MR) is 109 cm³/mol. The molecule has 0 atom stereocenters. The predicted octanol–water partition coefficient (Wildman–Crippen LogP) is 3.93. The number of amides is 1. The van der Waals surface area contributed by atoms with Crippen LogP contribution >= 0.6 is 11.3 Å². The van der Waals surface area contributed by atoms with Gasteiger partial charge in [0.05, 0.1) is 6.54 Å². The Labute approximate surface area is 182 Å². The number of hydrogen-bond acceptors (Lipinski definition) is 5. The standard InChI is InChI=1S/C19H23N3OS.C2HF3O2/c23-18-6-7-19(22(18)14-16-4-2-1-3-5-16)8-11-21(12-9-19)15-17-20-10-13-24-17;3-2(4,5)1(6)7/h1-5,10,13H,6-9,11-12,14-15H2;(H,6,7). The Kier molecular flexibility index (Phi) is 7.32. The van der Waals surface area contributed by atoms with Crippen molar-refractivity contribution in [2.45, 2.75) is 50.5 Å². The van der Waals surface area contributed by atoms with Crippen molar-refractivity contribution in [3.8, 4) is 0 Å². The molecule has 31 heavy (non-hydrogen) atoms. The second-order valence-electron chi connectivity index (χ2n) is 7.69. The van der Waals surface area contributed by atoms with Gasteiger partial charge in [0.1, 0.15) is 5.01 Å². The maximum absolute atomic E-state index is 12.5. The molecule has 2 fully saturated rings. The van der Waals surface area contributed by atoms with Gasteiger partial charge in [0, 0.05) is 43.2 Å². The first kappa shape index (κ1) is 23.2. The Bertz CT molecular complexity index is 867. The molecule has 2 aliphatic rings. The number of halogens is 3. The van der Waals surface area contributed by atoms with Crippen molar-refractivity contribution in [3.05, 3.63) is 52.5 Å². The molecule has 0 bridgehead atoms. The summed E-state index contributed by atoms with van der Waals surface area (Å²) >= 11 is 1.73. The minimum atomic E-state index is -5.08. The number of benzene rings is 1. The smallest absolute Gasteiger partial charge is 0.475 e. The molecule has 2 aromatic rings. The number of carbonyl (C=O) groups excluding carboxylic acids is 1. The Hall–Kier alpha value is -2.46. The number of aliphatic carboxylic acids is 1. The average molecular weight is 456 g/mol. The van der Waals surface area contributed by atoms with Crippen LogP contribution in [-0.4, -0.2) is 56.6 Å². The fraction of sp³-hybridized carbons (Fsp3) is 0.476. The second kappa shape index (κ2) is 9.78. The van der Waals surface area contributed by atoms with Crippen LogP contribution in [0.1, 0.15) is 36.3 Å². The number of thiazole rings is 1. The monoisotopic (exact) mass is 455 g/mol. The lowest BCUT2D eigenvalue weighted by Gasteiger charge is -2.45. The maximum Gasteiger partial charge on any atom is 0.490 e. The highest BCUT2D eigenvalue weighted by atomic mass is 32.1. The fourth-order valence-electron chi connectivity index (χ4n) is 4.07. The maximum atomic E-state index is 12.5. The molecule has 1 aromatic heterocycles. The van der Waals surface area contributed by atoms with Gasteiger partial charge in [0.25, 0.3) is 0 Å². The van der Waals surface area contributed by atoms with Gasteiger partial charge in [-0.1, -0.05) is 30.3 Å². The van der Waals surface area contributed by atoms with Crippen molar-refractivity contribution in [2.24, 2.45) is 0 Å². The molecule has 6 nitrogen and oxygen atoms in total. The van der Waals surface area contributed by atoms with E-state index in [2.05, 4.69) is 39.0 Å². The van der Waals surface area contributed by atoms with Gasteiger partial charge in [-0.25, -0.2) is 9.78 Å². The quantitative estimate of drug-likeness (QED) is 0.756. The molecular weight excluding hydrogens is 431 g/mol. The van der Waals surface area contributed by atoms with Crippen LogP contribution < -0.4 is 0 Å². The highest BCUT2D eigenvalue weighted by Crippen LogP contribution is 2.40. The van der Waals surface area contributed by atoms with Crippen molar-refractivity contribution in [2.75, 3.05) is 13.1 Å². The number of nitrogens with zero attached hydrogens (tertiary/aromatic N) is 3. The number of aromatic nitrogens is 1. The summed E-state index contributed by atoms with van der Waals surface area (Å²) in [4.78, 5) is 30.4. The van der Waals surface area contributed by atoms with E-state index in [1.807, 2.05) is 17.6 Å². The molecule has 1 N–H and O–H groups in total. The van der Waals surface area contributed by atoms with Gasteiger partial charge in [-0.2, -0.15) is 13.2 Å². The molecule has 1 spiro atoms. The van der Waals surface area contributed by atoms with Crippen LogP contribution in [0.15, 0.2) is 41.9 Å². The number of carboxylic acids is 1. The van der Waals surface area contributed by atoms with Gasteiger partial charge >= 0.3 is 12.1 Å². The van der Waals surface area contributed by atoms with Crippen molar-refractivity contribution in [3.63, 3.8) is 0 Å². The summed E-state index contributed by atoms with van der Waals surface area (Å²) < 4.78 is 31.7. The molecule has 3 heterocycles. The van der Waals surface area contributed by atoms with Crippen LogP contribution in [0, 0.1) is 0 Å². The van der Waals surface area contributed by atoms with E-state index in [0.717, 1.165) is 45.4 Å². The van der Waals surface area contributed by atoms with Gasteiger partial charge in [0.15, 0.2) is 0 Å². The van der Waals surface area contributed by atoms with E-state index >= 15 is 0 Å². The number of rotatable bonds is 4. The van der Waals surface area contributed by atoms with E-state index in [0.29, 0.717) is 12.3 Å². The molecular formula is C21H24F3N3O3S. The minimum Gasteiger partial charge on any atom is -0.475 e. The Balaban J connectivity index is 0.000000339. The first-order valence-electron chi connectivity index (χ1n) is 9.95. The zero-order valence-electron chi connectivity index (χ0n) is 16.8. The summed E-state index contributed by atoms with van der Waals surface area (Å²) in [6, 6.07) is 10.4. The van der Waals surface area contributed by atoms with Crippen LogP contribution in [0.2, 0.25) is 0 Å². The van der Waals surface area contributed by atoms with E-state index in [1.165, 1.54) is 10.6 Å². The molecule has 0 aliphatic carbocycles. The normalized spacial score (nSPS) is 18.7. The SMILES string of the molecule is O=C(O)C(F)(F)F.O=C1CCC2(CCN(Cc3nccs3)CC2)N1Cc1ccccc1. The highest BCUT2D eigenvalue weighted by molar-refractivity contribution is 7.09. The van der Waals surface area contributed by atoms with Gasteiger partial charge in [0.2, 0.25) is 5.91 Å². The zero-order valence-corrected chi connectivity index (χ0v) is 17.7. The Morgan fingerprint density at radius 1 is 1.13 bits per heavy atom. The van der Waals surface area contributed by atoms with Gasteiger partial charge in [-0.15, -0.1) is 11.3 Å². The molecule has 0 unspecified atom stereocenters. The van der Waals surface area contributed by atoms with Crippen LogP contribution in [0.3, 0.4) is 0 Å². The largest absolute Gasteiger partial charge is 0.490 e. The Morgan fingerprint density at radius 3 is 2.32 bits per heavy atom. The van der Waals surface area contributed by atoms with E-state index in [-0.39, 0.29) is 5.54 Å². The number of piperidine rings is 1. The average Bonchev–Trinajstić information content (AvgIpc) is 3.35. The second-order valence-corrected chi connectivity index (χ2v) is 8.67. The lowest BCUT2D eigenvalue weighted by atomic mass is 9.84. The summed E-state index contributed by atoms with van der Waals surface area (Å²) in [5, 5.41) is 10.4. The molecule has 1 amide bonds. The van der Waals surface area contributed by atoms with Gasteiger partial charge in [-0.05, 0) is 24.8 Å². The molecule has 2 aliphatic heterocycles. The number of likely N-dealkylation sites (tertiary alicyclic amines) is 2. The summed E-state index contributed by atoms with van der Waals surface area (Å²) in [6.07, 6.45) is 0.680. The summed E-state index contributed by atoms with van der Waals surface area (Å²) in [5.41, 5.74) is 1.31. The molecule has 4 rings (SSSR count). The number of carbonyl (C=O) groups is 2. The minimum absolute atomic E-state index is 0.0757. The summed E-state index contributed by atoms with van der Waals surface area (Å²) in [5.74, 6) is -2.43. The van der Waals surface area contributed by atoms with Crippen LogP contribution in [0.4, 0.5) is 13.2 Å². The molecule has 10 heteroatoms. The first-order chi connectivity index (χ1) is 14.7. The highest BCUT2D eigenvalue weighted by Gasteiger charge is 2.46. The van der Waals surface area contributed by atoms with Crippen molar-refractivity contribution in [1.29, 1.82) is 0 Å². The number of alkyl halides is 3. The molecule has 1 aromatic carbocycles. The fourth-order valence-corrected chi connectivity index (χ4v) is 4.72. The molecule has 2 saturated heterocycles. The van der Waals surface area contributed by atoms with E-state index < -0.39 is 12.1 Å². The topological polar surface area (TPSA) is 73.7 Å². The third-order valence-electron chi connectivity index (χ3n) is 5.73. The van der Waals surface area contributed by atoms with Crippen molar-refractivity contribution in [1.82, 2.24) is 14.8 Å². The lowest BCUT2D eigenvalue weighted by Crippen LogP contribution is -2.52. The Morgan fingerprint density at radius 2 is 1.77 bits per heavy atom. The van der Waals surface area contributed by atoms with Crippen LogP contribution in [-0.2, 0) is 22.7 Å². The van der Waals surface area contributed by atoms with Crippen molar-refractivity contribution >= 4 is 23.2 Å². The summed E-state index contributed by atoms with van der Waals surface area (Å²) in [6.45, 7) is 3.81. The van der Waals surface area contributed by atoms with Crippen LogP contribution in [0.25, 0.3) is 0 Å². The third kappa shape index (κ3) is 6.04. The number of carboxylic acid groups (broad SMARTS) is 1. The first-order valence-corrected chi connectivity index (χ1v) is 10.8. The van der Waals surface area contributed by atoms with Crippen molar-refractivity contribution < 1.29 is 27.9 Å². The van der Waals surface area contributed by atoms with E-state index in [9.17, 15) is 18.0 Å². The molecule has 0 radical (unpaired) electrons. The van der Waals surface area contributed by atoms with E-state index in [4.69, 9.17) is 9.90 Å². The third-order valence-corrected chi connectivity index (χ3v) is 6.50. The van der Waals surface area contributed by atoms with E-state index in [1.54, 1.807) is 11.3 Å². The molecule has 168 valence electrons. The van der Waals surface area contributed by atoms with Crippen LogP contribution in [0.5, 0.6) is 0 Å². The number of hydrogen-bond donors (Lipinski definition) is 1. The van der Waals surface area contributed by atoms with Gasteiger partial charge < -0.3 is 10.0 Å². The van der Waals surface area contributed by atoms with Gasteiger partial charge in [-0.3, -0.25) is 9.69 Å². The zero-order chi connectivity index (χ0) is 22.5.